The Kier molecular flexibility index (Phi) is 3.53. The van der Waals surface area contributed by atoms with Crippen molar-refractivity contribution >= 4 is 21.9 Å². The van der Waals surface area contributed by atoms with Gasteiger partial charge in [0.15, 0.2) is 0 Å². The normalized spacial score (nSPS) is 15.3. The Balaban J connectivity index is 2.26. The van der Waals surface area contributed by atoms with E-state index in [2.05, 4.69) is 4.72 Å². The second kappa shape index (κ2) is 4.95. The predicted octanol–water partition coefficient (Wildman–Crippen LogP) is 0.574. The van der Waals surface area contributed by atoms with Crippen LogP contribution in [-0.4, -0.2) is 32.1 Å². The number of carbonyl (C=O) groups is 1. The molecular formula is C11H14N2O4S. The largest absolute Gasteiger partial charge is 0.480 e. The molecular weight excluding hydrogens is 256 g/mol. The van der Waals surface area contributed by atoms with Crippen molar-refractivity contribution in [2.75, 3.05) is 10.8 Å². The summed E-state index contributed by atoms with van der Waals surface area (Å²) in [7, 11) is -3.80. The van der Waals surface area contributed by atoms with E-state index >= 15 is 0 Å². The first-order valence-electron chi connectivity index (χ1n) is 5.56. The Labute approximate surface area is 105 Å². The third kappa shape index (κ3) is 3.21. The molecule has 0 unspecified atom stereocenters. The van der Waals surface area contributed by atoms with Crippen LogP contribution in [0.5, 0.6) is 0 Å². The minimum Gasteiger partial charge on any atom is -0.480 e. The molecule has 0 atom stereocenters. The van der Waals surface area contributed by atoms with Gasteiger partial charge >= 0.3 is 16.2 Å². The van der Waals surface area contributed by atoms with Crippen LogP contribution in [0.25, 0.3) is 0 Å². The van der Waals surface area contributed by atoms with Gasteiger partial charge in [-0.3, -0.25) is 4.79 Å². The van der Waals surface area contributed by atoms with E-state index < -0.39 is 22.7 Å². The lowest BCUT2D eigenvalue weighted by Gasteiger charge is -2.22. The molecule has 6 nitrogen and oxygen atoms in total. The van der Waals surface area contributed by atoms with E-state index in [-0.39, 0.29) is 6.04 Å². The molecule has 0 amide bonds. The van der Waals surface area contributed by atoms with E-state index in [0.29, 0.717) is 5.69 Å². The van der Waals surface area contributed by atoms with Crippen molar-refractivity contribution in [2.24, 2.45) is 0 Å². The highest BCUT2D eigenvalue weighted by Gasteiger charge is 2.32. The number of nitrogens with one attached hydrogen (secondary N) is 1. The maximum atomic E-state index is 12.1. The van der Waals surface area contributed by atoms with Crippen LogP contribution in [0, 0.1) is 0 Å². The highest BCUT2D eigenvalue weighted by atomic mass is 32.2. The van der Waals surface area contributed by atoms with Gasteiger partial charge in [0.25, 0.3) is 0 Å². The number of para-hydroxylation sites is 1. The lowest BCUT2D eigenvalue weighted by Crippen LogP contribution is -2.44. The summed E-state index contributed by atoms with van der Waals surface area (Å²) in [6.45, 7) is -0.591. The van der Waals surface area contributed by atoms with Crippen molar-refractivity contribution in [1.82, 2.24) is 4.72 Å². The number of carboxylic acid groups (broad SMARTS) is 1. The van der Waals surface area contributed by atoms with Gasteiger partial charge < -0.3 is 5.11 Å². The summed E-state index contributed by atoms with van der Waals surface area (Å²) in [6, 6.07) is 8.14. The summed E-state index contributed by atoms with van der Waals surface area (Å²) >= 11 is 0. The lowest BCUT2D eigenvalue weighted by molar-refractivity contribution is -0.135. The van der Waals surface area contributed by atoms with E-state index in [1.54, 1.807) is 30.3 Å². The number of rotatable bonds is 6. The zero-order valence-electron chi connectivity index (χ0n) is 9.61. The van der Waals surface area contributed by atoms with Gasteiger partial charge in [0.2, 0.25) is 0 Å². The van der Waals surface area contributed by atoms with Crippen LogP contribution < -0.4 is 9.03 Å². The van der Waals surface area contributed by atoms with Gasteiger partial charge in [-0.2, -0.15) is 13.1 Å². The molecule has 0 aliphatic heterocycles. The first-order valence-corrected chi connectivity index (χ1v) is 7.00. The average Bonchev–Trinajstić information content (AvgIpc) is 3.10. The Bertz CT molecular complexity index is 525. The van der Waals surface area contributed by atoms with Gasteiger partial charge in [-0.25, -0.2) is 4.31 Å². The van der Waals surface area contributed by atoms with Gasteiger partial charge in [-0.1, -0.05) is 18.2 Å². The monoisotopic (exact) mass is 270 g/mol. The summed E-state index contributed by atoms with van der Waals surface area (Å²) in [4.78, 5) is 10.8. The molecule has 1 saturated carbocycles. The number of aliphatic carboxylic acids is 1. The van der Waals surface area contributed by atoms with Crippen LogP contribution in [0.4, 0.5) is 5.69 Å². The van der Waals surface area contributed by atoms with E-state index in [1.165, 1.54) is 0 Å². The van der Waals surface area contributed by atoms with E-state index in [9.17, 15) is 13.2 Å². The van der Waals surface area contributed by atoms with E-state index in [0.717, 1.165) is 17.1 Å². The van der Waals surface area contributed by atoms with Crippen molar-refractivity contribution in [3.8, 4) is 0 Å². The summed E-state index contributed by atoms with van der Waals surface area (Å²) < 4.78 is 27.5. The smallest absolute Gasteiger partial charge is 0.324 e. The zero-order chi connectivity index (χ0) is 13.2. The molecule has 0 radical (unpaired) electrons. The molecule has 1 fully saturated rings. The van der Waals surface area contributed by atoms with Gasteiger partial charge in [-0.05, 0) is 25.0 Å². The van der Waals surface area contributed by atoms with Crippen LogP contribution in [-0.2, 0) is 15.0 Å². The van der Waals surface area contributed by atoms with Crippen LogP contribution in [0.15, 0.2) is 30.3 Å². The fraction of sp³-hybridized carbons (Fsp3) is 0.364. The first-order chi connectivity index (χ1) is 8.49. The number of anilines is 1. The average molecular weight is 270 g/mol. The molecule has 18 heavy (non-hydrogen) atoms. The van der Waals surface area contributed by atoms with Gasteiger partial charge in [0, 0.05) is 6.04 Å². The molecule has 0 bridgehead atoms. The molecule has 0 aromatic heterocycles. The molecule has 2 N–H and O–H groups in total. The predicted molar refractivity (Wildman–Crippen MR) is 66.5 cm³/mol. The number of carboxylic acids is 1. The Hall–Kier alpha value is -1.60. The molecule has 1 aromatic rings. The SMILES string of the molecule is O=C(O)CN(c1ccccc1)S(=O)(=O)NC1CC1. The number of nitrogens with zero attached hydrogens (tertiary/aromatic N) is 1. The van der Waals surface area contributed by atoms with Gasteiger partial charge in [-0.15, -0.1) is 0 Å². The van der Waals surface area contributed by atoms with Crippen LogP contribution in [0.2, 0.25) is 0 Å². The Morgan fingerprint density at radius 1 is 1.33 bits per heavy atom. The lowest BCUT2D eigenvalue weighted by atomic mass is 10.3. The maximum Gasteiger partial charge on any atom is 0.324 e. The van der Waals surface area contributed by atoms with E-state index in [1.807, 2.05) is 0 Å². The Morgan fingerprint density at radius 2 is 1.94 bits per heavy atom. The maximum absolute atomic E-state index is 12.1. The van der Waals surface area contributed by atoms with Crippen LogP contribution in [0.3, 0.4) is 0 Å². The summed E-state index contributed by atoms with van der Waals surface area (Å²) in [5.41, 5.74) is 0.341. The van der Waals surface area contributed by atoms with Crippen molar-refractivity contribution in [3.63, 3.8) is 0 Å². The molecule has 0 heterocycles. The number of hydrogen-bond acceptors (Lipinski definition) is 3. The van der Waals surface area contributed by atoms with Gasteiger partial charge in [0.05, 0.1) is 5.69 Å². The number of hydrogen-bond donors (Lipinski definition) is 2. The topological polar surface area (TPSA) is 86.7 Å². The highest BCUT2D eigenvalue weighted by molar-refractivity contribution is 7.91. The van der Waals surface area contributed by atoms with Crippen molar-refractivity contribution in [3.05, 3.63) is 30.3 Å². The summed E-state index contributed by atoms with van der Waals surface area (Å²) in [5, 5.41) is 8.82. The molecule has 0 spiro atoms. The van der Waals surface area contributed by atoms with Crippen molar-refractivity contribution < 1.29 is 18.3 Å². The molecule has 1 aliphatic rings. The molecule has 98 valence electrons. The second-order valence-electron chi connectivity index (χ2n) is 4.13. The zero-order valence-corrected chi connectivity index (χ0v) is 10.4. The van der Waals surface area contributed by atoms with Gasteiger partial charge in [0.1, 0.15) is 6.54 Å². The fourth-order valence-corrected chi connectivity index (χ4v) is 2.97. The van der Waals surface area contributed by atoms with E-state index in [4.69, 9.17) is 5.11 Å². The third-order valence-corrected chi connectivity index (χ3v) is 4.06. The van der Waals surface area contributed by atoms with Crippen molar-refractivity contribution in [2.45, 2.75) is 18.9 Å². The highest BCUT2D eigenvalue weighted by Crippen LogP contribution is 2.23. The standard InChI is InChI=1S/C11H14N2O4S/c14-11(15)8-13(10-4-2-1-3-5-10)18(16,17)12-9-6-7-9/h1-5,9,12H,6-8H2,(H,14,15). The first kappa shape index (κ1) is 12.8. The molecule has 1 aromatic carbocycles. The second-order valence-corrected chi connectivity index (χ2v) is 5.76. The molecule has 1 aliphatic carbocycles. The van der Waals surface area contributed by atoms with Crippen molar-refractivity contribution in [1.29, 1.82) is 0 Å². The Morgan fingerprint density at radius 3 is 2.44 bits per heavy atom. The van der Waals surface area contributed by atoms with Crippen LogP contribution in [0.1, 0.15) is 12.8 Å². The molecule has 0 saturated heterocycles. The third-order valence-electron chi connectivity index (χ3n) is 2.51. The minimum atomic E-state index is -3.80. The van der Waals surface area contributed by atoms with Crippen LogP contribution >= 0.6 is 0 Å². The molecule has 7 heteroatoms. The molecule has 2 rings (SSSR count). The minimum absolute atomic E-state index is 0.0602. The number of benzene rings is 1. The fourth-order valence-electron chi connectivity index (χ4n) is 1.51. The quantitative estimate of drug-likeness (QED) is 0.791. The summed E-state index contributed by atoms with van der Waals surface area (Å²) in [5.74, 6) is -1.19. The summed E-state index contributed by atoms with van der Waals surface area (Å²) in [6.07, 6.45) is 1.60.